The van der Waals surface area contributed by atoms with Gasteiger partial charge < -0.3 is 16.0 Å². The minimum Gasteiger partial charge on any atom is -0.369 e. The molecule has 5 nitrogen and oxygen atoms in total. The molecule has 1 aromatic rings. The lowest BCUT2D eigenvalue weighted by atomic mass is 10.1. The number of rotatable bonds is 8. The van der Waals surface area contributed by atoms with Gasteiger partial charge in [0.2, 0.25) is 11.8 Å². The van der Waals surface area contributed by atoms with Crippen LogP contribution in [0.2, 0.25) is 0 Å². The highest BCUT2D eigenvalue weighted by Crippen LogP contribution is 2.16. The van der Waals surface area contributed by atoms with Gasteiger partial charge >= 0.3 is 0 Å². The normalized spacial score (nSPS) is 12.2. The standard InChI is InChI=1S/C14H21N3O2S/c1-17(2)12(11-6-4-3-5-7-11)8-16-14(19)10-20-9-13(15)18/h3-7,12H,8-10H2,1-2H3,(H2,15,18)(H,16,19). The highest BCUT2D eigenvalue weighted by molar-refractivity contribution is 8.00. The number of likely N-dealkylation sites (N-methyl/N-ethyl adjacent to an activating group) is 1. The molecule has 0 heterocycles. The Morgan fingerprint density at radius 1 is 1.25 bits per heavy atom. The molecule has 1 rings (SSSR count). The summed E-state index contributed by atoms with van der Waals surface area (Å²) in [7, 11) is 3.96. The molecule has 0 aliphatic carbocycles. The van der Waals surface area contributed by atoms with E-state index in [2.05, 4.69) is 10.2 Å². The predicted octanol–water partition coefficient (Wildman–Crippen LogP) is 0.624. The zero-order chi connectivity index (χ0) is 15.0. The molecule has 0 aliphatic heterocycles. The van der Waals surface area contributed by atoms with E-state index in [4.69, 9.17) is 5.73 Å². The van der Waals surface area contributed by atoms with Crippen LogP contribution in [0.25, 0.3) is 0 Å². The number of nitrogens with zero attached hydrogens (tertiary/aromatic N) is 1. The van der Waals surface area contributed by atoms with Gasteiger partial charge in [0.15, 0.2) is 0 Å². The van der Waals surface area contributed by atoms with Crippen molar-refractivity contribution in [1.29, 1.82) is 0 Å². The van der Waals surface area contributed by atoms with Crippen molar-refractivity contribution in [3.63, 3.8) is 0 Å². The topological polar surface area (TPSA) is 75.4 Å². The van der Waals surface area contributed by atoms with Crippen LogP contribution in [0.1, 0.15) is 11.6 Å². The van der Waals surface area contributed by atoms with Gasteiger partial charge in [0.05, 0.1) is 17.5 Å². The summed E-state index contributed by atoms with van der Waals surface area (Å²) in [5, 5.41) is 2.88. The van der Waals surface area contributed by atoms with E-state index >= 15 is 0 Å². The van der Waals surface area contributed by atoms with Crippen LogP contribution in [0.5, 0.6) is 0 Å². The summed E-state index contributed by atoms with van der Waals surface area (Å²) < 4.78 is 0. The molecule has 0 spiro atoms. The van der Waals surface area contributed by atoms with E-state index in [9.17, 15) is 9.59 Å². The molecule has 110 valence electrons. The molecular weight excluding hydrogens is 274 g/mol. The number of primary amides is 1. The Kier molecular flexibility index (Phi) is 7.11. The van der Waals surface area contributed by atoms with Gasteiger partial charge in [0.25, 0.3) is 0 Å². The van der Waals surface area contributed by atoms with Crippen molar-refractivity contribution in [2.24, 2.45) is 5.73 Å². The lowest BCUT2D eigenvalue weighted by Crippen LogP contribution is -2.35. The molecule has 0 aliphatic rings. The number of hydrogen-bond acceptors (Lipinski definition) is 4. The molecule has 1 atom stereocenters. The molecule has 6 heteroatoms. The van der Waals surface area contributed by atoms with Crippen molar-refractivity contribution < 1.29 is 9.59 Å². The lowest BCUT2D eigenvalue weighted by molar-refractivity contribution is -0.118. The lowest BCUT2D eigenvalue weighted by Gasteiger charge is -2.25. The molecule has 3 N–H and O–H groups in total. The van der Waals surface area contributed by atoms with E-state index < -0.39 is 5.91 Å². The van der Waals surface area contributed by atoms with Crippen LogP contribution in [0.3, 0.4) is 0 Å². The molecule has 0 saturated carbocycles. The zero-order valence-corrected chi connectivity index (χ0v) is 12.7. The summed E-state index contributed by atoms with van der Waals surface area (Å²) in [5.41, 5.74) is 6.17. The molecule has 0 aromatic heterocycles. The average molecular weight is 295 g/mol. The minimum absolute atomic E-state index is 0.0842. The van der Waals surface area contributed by atoms with Crippen LogP contribution in [0.15, 0.2) is 30.3 Å². The maximum atomic E-state index is 11.7. The van der Waals surface area contributed by atoms with Crippen molar-refractivity contribution in [2.45, 2.75) is 6.04 Å². The van der Waals surface area contributed by atoms with Gasteiger partial charge in [-0.1, -0.05) is 30.3 Å². The number of thioether (sulfide) groups is 1. The molecule has 2 amide bonds. The Bertz CT molecular complexity index is 437. The fourth-order valence-electron chi connectivity index (χ4n) is 1.78. The summed E-state index contributed by atoms with van der Waals surface area (Å²) in [5.74, 6) is -0.0709. The predicted molar refractivity (Wildman–Crippen MR) is 82.4 cm³/mol. The maximum absolute atomic E-state index is 11.7. The molecule has 0 fully saturated rings. The van der Waals surface area contributed by atoms with E-state index in [0.29, 0.717) is 6.54 Å². The first-order chi connectivity index (χ1) is 9.50. The Balaban J connectivity index is 2.44. The van der Waals surface area contributed by atoms with E-state index in [1.807, 2.05) is 44.4 Å². The Morgan fingerprint density at radius 3 is 2.45 bits per heavy atom. The minimum atomic E-state index is -0.404. The number of hydrogen-bond donors (Lipinski definition) is 2. The number of nitrogens with two attached hydrogens (primary N) is 1. The van der Waals surface area contributed by atoms with Crippen molar-refractivity contribution in [3.05, 3.63) is 35.9 Å². The molecule has 0 bridgehead atoms. The maximum Gasteiger partial charge on any atom is 0.230 e. The van der Waals surface area contributed by atoms with Gasteiger partial charge in [-0.3, -0.25) is 9.59 Å². The van der Waals surface area contributed by atoms with Crippen molar-refractivity contribution >= 4 is 23.6 Å². The summed E-state index contributed by atoms with van der Waals surface area (Å²) in [6.45, 7) is 0.535. The van der Waals surface area contributed by atoms with Crippen molar-refractivity contribution in [3.8, 4) is 0 Å². The molecule has 1 aromatic carbocycles. The molecule has 20 heavy (non-hydrogen) atoms. The summed E-state index contributed by atoms with van der Waals surface area (Å²) in [4.78, 5) is 24.3. The van der Waals surface area contributed by atoms with Gasteiger partial charge in [0, 0.05) is 6.54 Å². The highest BCUT2D eigenvalue weighted by atomic mass is 32.2. The van der Waals surface area contributed by atoms with Gasteiger partial charge in [0.1, 0.15) is 0 Å². The SMILES string of the molecule is CN(C)C(CNC(=O)CSCC(N)=O)c1ccccc1. The number of amides is 2. The second-order valence-corrected chi connectivity index (χ2v) is 5.64. The monoisotopic (exact) mass is 295 g/mol. The Hall–Kier alpha value is -1.53. The molecule has 0 radical (unpaired) electrons. The molecule has 0 saturated heterocycles. The first kappa shape index (κ1) is 16.5. The Labute approximate surface area is 123 Å². The van der Waals surface area contributed by atoms with Crippen LogP contribution in [-0.4, -0.2) is 48.9 Å². The quantitative estimate of drug-likeness (QED) is 0.737. The van der Waals surface area contributed by atoms with Crippen LogP contribution < -0.4 is 11.1 Å². The molecular formula is C14H21N3O2S. The van der Waals surface area contributed by atoms with Crippen molar-refractivity contribution in [2.75, 3.05) is 32.1 Å². The second kappa shape index (κ2) is 8.60. The van der Waals surface area contributed by atoms with Crippen molar-refractivity contribution in [1.82, 2.24) is 10.2 Å². The first-order valence-electron chi connectivity index (χ1n) is 6.35. The third-order valence-electron chi connectivity index (χ3n) is 2.78. The zero-order valence-electron chi connectivity index (χ0n) is 11.8. The smallest absolute Gasteiger partial charge is 0.230 e. The Morgan fingerprint density at radius 2 is 1.90 bits per heavy atom. The van der Waals surface area contributed by atoms with E-state index in [0.717, 1.165) is 5.56 Å². The first-order valence-corrected chi connectivity index (χ1v) is 7.50. The van der Waals surface area contributed by atoms with Crippen LogP contribution in [0, 0.1) is 0 Å². The van der Waals surface area contributed by atoms with Crippen LogP contribution in [0.4, 0.5) is 0 Å². The largest absolute Gasteiger partial charge is 0.369 e. The summed E-state index contributed by atoms with van der Waals surface area (Å²) in [6.07, 6.45) is 0. The van der Waals surface area contributed by atoms with Gasteiger partial charge in [-0.15, -0.1) is 11.8 Å². The average Bonchev–Trinajstić information content (AvgIpc) is 2.39. The number of benzene rings is 1. The van der Waals surface area contributed by atoms with E-state index in [-0.39, 0.29) is 23.5 Å². The van der Waals surface area contributed by atoms with Crippen LogP contribution in [-0.2, 0) is 9.59 Å². The van der Waals surface area contributed by atoms with E-state index in [1.165, 1.54) is 11.8 Å². The van der Waals surface area contributed by atoms with Gasteiger partial charge in [-0.25, -0.2) is 0 Å². The molecule has 1 unspecified atom stereocenters. The third kappa shape index (κ3) is 6.08. The third-order valence-corrected chi connectivity index (χ3v) is 3.73. The highest BCUT2D eigenvalue weighted by Gasteiger charge is 2.14. The fourth-order valence-corrected chi connectivity index (χ4v) is 2.37. The number of carbonyl (C=O) groups excluding carboxylic acids is 2. The number of nitrogens with one attached hydrogen (secondary N) is 1. The number of carbonyl (C=O) groups is 2. The second-order valence-electron chi connectivity index (χ2n) is 4.65. The van der Waals surface area contributed by atoms with Gasteiger partial charge in [-0.05, 0) is 19.7 Å². The van der Waals surface area contributed by atoms with E-state index in [1.54, 1.807) is 0 Å². The fraction of sp³-hybridized carbons (Fsp3) is 0.429. The summed E-state index contributed by atoms with van der Waals surface area (Å²) >= 11 is 1.23. The van der Waals surface area contributed by atoms with Gasteiger partial charge in [-0.2, -0.15) is 0 Å². The van der Waals surface area contributed by atoms with Crippen LogP contribution >= 0.6 is 11.8 Å². The summed E-state index contributed by atoms with van der Waals surface area (Å²) in [6, 6.07) is 10.1.